The van der Waals surface area contributed by atoms with Gasteiger partial charge in [-0.05, 0) is 61.4 Å². The van der Waals surface area contributed by atoms with E-state index in [1.807, 2.05) is 92.7 Å². The maximum absolute atomic E-state index is 13.6. The second kappa shape index (κ2) is 14.0. The fraction of sp³-hybridized carbons (Fsp3) is 0.310. The molecule has 0 bridgehead atoms. The van der Waals surface area contributed by atoms with Crippen LogP contribution < -0.4 is 10.1 Å². The number of hydrogen-bond donors (Lipinski definition) is 1. The molecule has 3 aromatic carbocycles. The Morgan fingerprint density at radius 3 is 2.33 bits per heavy atom. The second-order valence-corrected chi connectivity index (χ2v) is 10.4. The molecule has 7 heteroatoms. The monoisotopic (exact) mass is 524 g/mol. The number of amides is 2. The molecule has 0 aliphatic rings. The number of rotatable bonds is 12. The van der Waals surface area contributed by atoms with Crippen LogP contribution in [0.1, 0.15) is 31.4 Å². The topological polar surface area (TPSA) is 58.6 Å². The first kappa shape index (κ1) is 27.6. The summed E-state index contributed by atoms with van der Waals surface area (Å²) >= 11 is 7.58. The number of nitrogens with one attached hydrogen (secondary N) is 1. The minimum atomic E-state index is -0.644. The van der Waals surface area contributed by atoms with Gasteiger partial charge < -0.3 is 15.0 Å². The summed E-state index contributed by atoms with van der Waals surface area (Å²) in [6, 6.07) is 24.3. The number of methoxy groups -OCH3 is 1. The molecule has 36 heavy (non-hydrogen) atoms. The van der Waals surface area contributed by atoms with Crippen molar-refractivity contribution >= 4 is 35.2 Å². The molecule has 3 rings (SSSR count). The van der Waals surface area contributed by atoms with Crippen LogP contribution in [-0.2, 0) is 22.6 Å². The molecule has 2 amide bonds. The molecule has 0 unspecified atom stereocenters. The van der Waals surface area contributed by atoms with Gasteiger partial charge in [0.1, 0.15) is 11.8 Å². The van der Waals surface area contributed by atoms with Gasteiger partial charge in [-0.2, -0.15) is 0 Å². The lowest BCUT2D eigenvalue weighted by Gasteiger charge is -2.32. The van der Waals surface area contributed by atoms with Crippen LogP contribution >= 0.6 is 23.4 Å². The number of nitrogens with zero attached hydrogens (tertiary/aromatic N) is 1. The highest BCUT2D eigenvalue weighted by Gasteiger charge is 2.30. The normalized spacial score (nSPS) is 11.7. The Bertz CT molecular complexity index is 1120. The number of halogens is 1. The Labute approximate surface area is 223 Å². The highest BCUT2D eigenvalue weighted by atomic mass is 35.5. The van der Waals surface area contributed by atoms with E-state index >= 15 is 0 Å². The van der Waals surface area contributed by atoms with Gasteiger partial charge in [-0.25, -0.2) is 0 Å². The zero-order chi connectivity index (χ0) is 25.9. The molecule has 0 fully saturated rings. The van der Waals surface area contributed by atoms with Crippen molar-refractivity contribution in [2.45, 2.75) is 50.2 Å². The third kappa shape index (κ3) is 8.61. The Morgan fingerprint density at radius 1 is 0.972 bits per heavy atom. The summed E-state index contributed by atoms with van der Waals surface area (Å²) < 4.78 is 5.38. The van der Waals surface area contributed by atoms with Crippen molar-refractivity contribution < 1.29 is 14.3 Å². The largest absolute Gasteiger partial charge is 0.497 e. The Kier molecular flexibility index (Phi) is 10.7. The molecule has 0 aliphatic heterocycles. The first-order valence-electron chi connectivity index (χ1n) is 12.0. The number of thioether (sulfide) groups is 1. The summed E-state index contributed by atoms with van der Waals surface area (Å²) in [5.74, 6) is 1.08. The van der Waals surface area contributed by atoms with Crippen LogP contribution in [0.15, 0.2) is 83.8 Å². The molecule has 190 valence electrons. The van der Waals surface area contributed by atoms with Crippen LogP contribution in [0.2, 0.25) is 5.02 Å². The minimum Gasteiger partial charge on any atom is -0.497 e. The van der Waals surface area contributed by atoms with Crippen LogP contribution in [-0.4, -0.2) is 41.7 Å². The van der Waals surface area contributed by atoms with Crippen LogP contribution in [0.3, 0.4) is 0 Å². The van der Waals surface area contributed by atoms with E-state index in [4.69, 9.17) is 16.3 Å². The summed E-state index contributed by atoms with van der Waals surface area (Å²) in [6.07, 6.45) is 0.733. The number of carbonyl (C=O) groups is 2. The average Bonchev–Trinajstić information content (AvgIpc) is 2.87. The van der Waals surface area contributed by atoms with E-state index in [2.05, 4.69) is 5.32 Å². The first-order valence-corrected chi connectivity index (χ1v) is 13.4. The quantitative estimate of drug-likeness (QED) is 0.295. The van der Waals surface area contributed by atoms with Crippen molar-refractivity contribution in [1.29, 1.82) is 0 Å². The summed E-state index contributed by atoms with van der Waals surface area (Å²) in [7, 11) is 1.62. The molecule has 0 radical (unpaired) electrons. The first-order chi connectivity index (χ1) is 17.4. The van der Waals surface area contributed by atoms with Crippen LogP contribution in [0, 0.1) is 0 Å². The van der Waals surface area contributed by atoms with E-state index in [1.54, 1.807) is 23.8 Å². The van der Waals surface area contributed by atoms with Gasteiger partial charge in [-0.1, -0.05) is 54.1 Å². The van der Waals surface area contributed by atoms with Crippen LogP contribution in [0.4, 0.5) is 0 Å². The summed E-state index contributed by atoms with van der Waals surface area (Å²) in [6.45, 7) is 4.16. The fourth-order valence-electron chi connectivity index (χ4n) is 3.83. The van der Waals surface area contributed by atoms with Gasteiger partial charge >= 0.3 is 0 Å². The molecule has 1 atom stereocenters. The maximum Gasteiger partial charge on any atom is 0.243 e. The molecule has 0 heterocycles. The predicted molar refractivity (Wildman–Crippen MR) is 148 cm³/mol. The van der Waals surface area contributed by atoms with Gasteiger partial charge in [0.2, 0.25) is 11.8 Å². The van der Waals surface area contributed by atoms with Crippen molar-refractivity contribution in [3.63, 3.8) is 0 Å². The van der Waals surface area contributed by atoms with Crippen molar-refractivity contribution in [3.05, 3.63) is 95.0 Å². The standard InChI is InChI=1S/C29H33ClN2O3S/c1-21(2)31-29(34)27(19-22-8-5-4-6-9-22)32(20-23-10-7-11-25(18-23)35-3)28(33)16-17-36-26-14-12-24(30)13-15-26/h4-15,18,21,27H,16-17,19-20H2,1-3H3,(H,31,34)/t27-/m1/s1. The Hall–Kier alpha value is -2.96. The molecule has 5 nitrogen and oxygen atoms in total. The SMILES string of the molecule is COc1cccc(CN(C(=O)CCSc2ccc(Cl)cc2)[C@H](Cc2ccccc2)C(=O)NC(C)C)c1. The highest BCUT2D eigenvalue weighted by molar-refractivity contribution is 7.99. The van der Waals surface area contributed by atoms with Gasteiger partial charge in [0.05, 0.1) is 7.11 Å². The third-order valence-corrected chi connectivity index (χ3v) is 6.85. The highest BCUT2D eigenvalue weighted by Crippen LogP contribution is 2.23. The number of benzene rings is 3. The lowest BCUT2D eigenvalue weighted by molar-refractivity contribution is -0.141. The molecule has 3 aromatic rings. The van der Waals surface area contributed by atoms with Gasteiger partial charge in [-0.3, -0.25) is 9.59 Å². The van der Waals surface area contributed by atoms with E-state index in [0.717, 1.165) is 16.0 Å². The van der Waals surface area contributed by atoms with Crippen molar-refractivity contribution in [2.24, 2.45) is 0 Å². The van der Waals surface area contributed by atoms with E-state index in [-0.39, 0.29) is 17.9 Å². The lowest BCUT2D eigenvalue weighted by Crippen LogP contribution is -2.51. The zero-order valence-electron chi connectivity index (χ0n) is 20.9. The number of ether oxygens (including phenoxy) is 1. The molecule has 0 spiro atoms. The van der Waals surface area contributed by atoms with Gasteiger partial charge in [0.15, 0.2) is 0 Å². The second-order valence-electron chi connectivity index (χ2n) is 8.79. The lowest BCUT2D eigenvalue weighted by atomic mass is 10.0. The molecular formula is C29H33ClN2O3S. The molecule has 0 aliphatic carbocycles. The number of hydrogen-bond acceptors (Lipinski definition) is 4. The fourth-order valence-corrected chi connectivity index (χ4v) is 4.80. The third-order valence-electron chi connectivity index (χ3n) is 5.59. The van der Waals surface area contributed by atoms with Gasteiger partial charge in [0, 0.05) is 41.1 Å². The summed E-state index contributed by atoms with van der Waals surface area (Å²) in [4.78, 5) is 29.8. The summed E-state index contributed by atoms with van der Waals surface area (Å²) in [5, 5.41) is 3.70. The van der Waals surface area contributed by atoms with Crippen molar-refractivity contribution in [1.82, 2.24) is 10.2 Å². The molecular weight excluding hydrogens is 492 g/mol. The van der Waals surface area contributed by atoms with Crippen LogP contribution in [0.25, 0.3) is 0 Å². The van der Waals surface area contributed by atoms with Crippen molar-refractivity contribution in [2.75, 3.05) is 12.9 Å². The zero-order valence-corrected chi connectivity index (χ0v) is 22.5. The van der Waals surface area contributed by atoms with E-state index in [0.29, 0.717) is 35.9 Å². The Balaban J connectivity index is 1.85. The molecule has 1 N–H and O–H groups in total. The minimum absolute atomic E-state index is 0.0370. The predicted octanol–water partition coefficient (Wildman–Crippen LogP) is 6.00. The average molecular weight is 525 g/mol. The maximum atomic E-state index is 13.6. The molecule has 0 saturated carbocycles. The van der Waals surface area contributed by atoms with E-state index < -0.39 is 6.04 Å². The van der Waals surface area contributed by atoms with Crippen molar-refractivity contribution in [3.8, 4) is 5.75 Å². The van der Waals surface area contributed by atoms with E-state index in [9.17, 15) is 9.59 Å². The summed E-state index contributed by atoms with van der Waals surface area (Å²) in [5.41, 5.74) is 1.91. The molecule has 0 saturated heterocycles. The number of carbonyl (C=O) groups excluding carboxylic acids is 2. The van der Waals surface area contributed by atoms with E-state index in [1.165, 1.54) is 0 Å². The van der Waals surface area contributed by atoms with Gasteiger partial charge in [-0.15, -0.1) is 11.8 Å². The van der Waals surface area contributed by atoms with Crippen LogP contribution in [0.5, 0.6) is 5.75 Å². The molecule has 0 aromatic heterocycles. The van der Waals surface area contributed by atoms with Gasteiger partial charge in [0.25, 0.3) is 0 Å². The smallest absolute Gasteiger partial charge is 0.243 e. The Morgan fingerprint density at radius 2 is 1.67 bits per heavy atom.